The summed E-state index contributed by atoms with van der Waals surface area (Å²) in [6.45, 7) is 0. The van der Waals surface area contributed by atoms with E-state index in [2.05, 4.69) is 10.2 Å². The van der Waals surface area contributed by atoms with Crippen LogP contribution in [0.4, 0.5) is 0 Å². The fourth-order valence-electron chi connectivity index (χ4n) is 1.94. The summed E-state index contributed by atoms with van der Waals surface area (Å²) in [6, 6.07) is 7.82. The molecule has 1 aromatic heterocycles. The Labute approximate surface area is 93.5 Å². The third kappa shape index (κ3) is 1.69. The Kier molecular flexibility index (Phi) is 2.17. The van der Waals surface area contributed by atoms with Crippen LogP contribution in [-0.4, -0.2) is 16.0 Å². The molecule has 0 spiro atoms. The zero-order chi connectivity index (χ0) is 11.0. The summed E-state index contributed by atoms with van der Waals surface area (Å²) in [7, 11) is 0. The van der Waals surface area contributed by atoms with E-state index in [1.54, 1.807) is 6.20 Å². The second kappa shape index (κ2) is 3.67. The first-order valence-corrected chi connectivity index (χ1v) is 5.56. The second-order valence-electron chi connectivity index (χ2n) is 4.30. The van der Waals surface area contributed by atoms with Gasteiger partial charge in [-0.3, -0.25) is 4.79 Å². The van der Waals surface area contributed by atoms with Gasteiger partial charge in [0.25, 0.3) is 0 Å². The zero-order valence-corrected chi connectivity index (χ0v) is 8.89. The highest BCUT2D eigenvalue weighted by Gasteiger charge is 2.29. The molecule has 16 heavy (non-hydrogen) atoms. The molecule has 0 bridgehead atoms. The summed E-state index contributed by atoms with van der Waals surface area (Å²) in [5, 5.41) is 9.04. The number of nitrogens with zero attached hydrogens (tertiary/aromatic N) is 2. The number of carbonyl (C=O) groups is 1. The topological polar surface area (TPSA) is 42.9 Å². The number of benzene rings is 1. The van der Waals surface area contributed by atoms with E-state index in [1.807, 2.05) is 24.3 Å². The van der Waals surface area contributed by atoms with Crippen LogP contribution in [0.15, 0.2) is 30.5 Å². The molecule has 1 saturated carbocycles. The molecule has 3 heteroatoms. The third-order valence-corrected chi connectivity index (χ3v) is 3.03. The lowest BCUT2D eigenvalue weighted by Crippen LogP contribution is -2.05. The smallest absolute Gasteiger partial charge is 0.140 e. The summed E-state index contributed by atoms with van der Waals surface area (Å²) in [6.07, 6.45) is 4.34. The molecule has 0 amide bonds. The van der Waals surface area contributed by atoms with Crippen molar-refractivity contribution in [1.82, 2.24) is 10.2 Å². The van der Waals surface area contributed by atoms with E-state index < -0.39 is 0 Å². The number of rotatable bonds is 3. The van der Waals surface area contributed by atoms with E-state index in [0.29, 0.717) is 18.1 Å². The number of hydrogen-bond acceptors (Lipinski definition) is 3. The van der Waals surface area contributed by atoms with Gasteiger partial charge in [-0.2, -0.15) is 10.2 Å². The largest absolute Gasteiger partial charge is 0.299 e. The summed E-state index contributed by atoms with van der Waals surface area (Å²) >= 11 is 0. The van der Waals surface area contributed by atoms with Crippen molar-refractivity contribution in [2.75, 3.05) is 0 Å². The van der Waals surface area contributed by atoms with Crippen molar-refractivity contribution in [1.29, 1.82) is 0 Å². The molecule has 0 N–H and O–H groups in total. The Morgan fingerprint density at radius 1 is 1.31 bits per heavy atom. The van der Waals surface area contributed by atoms with Crippen molar-refractivity contribution in [2.45, 2.75) is 19.3 Å². The molecule has 0 aliphatic heterocycles. The number of carbonyl (C=O) groups excluding carboxylic acids is 1. The molecular formula is C13H12N2O. The molecule has 1 fully saturated rings. The first kappa shape index (κ1) is 9.46. The first-order valence-electron chi connectivity index (χ1n) is 5.56. The van der Waals surface area contributed by atoms with Crippen LogP contribution in [0.3, 0.4) is 0 Å². The molecule has 0 atom stereocenters. The van der Waals surface area contributed by atoms with Crippen LogP contribution in [0, 0.1) is 5.92 Å². The van der Waals surface area contributed by atoms with Gasteiger partial charge in [0.15, 0.2) is 0 Å². The predicted octanol–water partition coefficient (Wildman–Crippen LogP) is 2.15. The number of fused-ring (bicyclic) bond motifs is 1. The van der Waals surface area contributed by atoms with E-state index in [4.69, 9.17) is 0 Å². The second-order valence-corrected chi connectivity index (χ2v) is 4.30. The Hall–Kier alpha value is -1.77. The third-order valence-electron chi connectivity index (χ3n) is 3.03. The summed E-state index contributed by atoms with van der Waals surface area (Å²) in [5.41, 5.74) is 1.87. The lowest BCUT2D eigenvalue weighted by molar-refractivity contribution is -0.119. The molecule has 3 nitrogen and oxygen atoms in total. The van der Waals surface area contributed by atoms with Gasteiger partial charge in [-0.25, -0.2) is 0 Å². The van der Waals surface area contributed by atoms with Gasteiger partial charge in [-0.05, 0) is 24.5 Å². The molecule has 3 rings (SSSR count). The number of hydrogen-bond donors (Lipinski definition) is 0. The molecule has 0 unspecified atom stereocenters. The molecule has 80 valence electrons. The van der Waals surface area contributed by atoms with Gasteiger partial charge in [0.2, 0.25) is 0 Å². The average Bonchev–Trinajstić information content (AvgIpc) is 3.13. The summed E-state index contributed by atoms with van der Waals surface area (Å²) in [4.78, 5) is 11.8. The van der Waals surface area contributed by atoms with Gasteiger partial charge in [0, 0.05) is 17.7 Å². The van der Waals surface area contributed by atoms with Crippen LogP contribution < -0.4 is 0 Å². The van der Waals surface area contributed by atoms with Gasteiger partial charge in [-0.1, -0.05) is 18.2 Å². The minimum atomic E-state index is 0.312. The van der Waals surface area contributed by atoms with E-state index in [9.17, 15) is 4.79 Å². The van der Waals surface area contributed by atoms with E-state index >= 15 is 0 Å². The summed E-state index contributed by atoms with van der Waals surface area (Å²) in [5.74, 6) is 0.657. The van der Waals surface area contributed by atoms with Crippen LogP contribution in [0.5, 0.6) is 0 Å². The number of ketones is 1. The first-order chi connectivity index (χ1) is 7.84. The normalized spacial score (nSPS) is 15.2. The van der Waals surface area contributed by atoms with Crippen molar-refractivity contribution in [3.05, 3.63) is 36.0 Å². The van der Waals surface area contributed by atoms with Gasteiger partial charge in [0.05, 0.1) is 11.7 Å². The van der Waals surface area contributed by atoms with E-state index in [0.717, 1.165) is 29.3 Å². The minimum Gasteiger partial charge on any atom is -0.299 e. The lowest BCUT2D eigenvalue weighted by Gasteiger charge is -2.03. The van der Waals surface area contributed by atoms with Crippen molar-refractivity contribution in [3.8, 4) is 0 Å². The Morgan fingerprint density at radius 3 is 2.94 bits per heavy atom. The van der Waals surface area contributed by atoms with Gasteiger partial charge in [0.1, 0.15) is 5.78 Å². The fourth-order valence-corrected chi connectivity index (χ4v) is 1.94. The molecule has 2 aromatic rings. The Bertz CT molecular complexity index is 541. The molecule has 1 aromatic carbocycles. The van der Waals surface area contributed by atoms with Gasteiger partial charge < -0.3 is 0 Å². The fraction of sp³-hybridized carbons (Fsp3) is 0.308. The SMILES string of the molecule is O=C(Cc1cnnc2ccccc12)C1CC1. The van der Waals surface area contributed by atoms with Crippen LogP contribution in [0.25, 0.3) is 10.9 Å². The van der Waals surface area contributed by atoms with Crippen molar-refractivity contribution in [3.63, 3.8) is 0 Å². The molecule has 1 heterocycles. The number of aromatic nitrogens is 2. The van der Waals surface area contributed by atoms with Gasteiger partial charge in [-0.15, -0.1) is 0 Å². The maximum absolute atomic E-state index is 11.8. The standard InChI is InChI=1S/C13H12N2O/c16-13(9-5-6-9)7-10-8-14-15-12-4-2-1-3-11(10)12/h1-4,8-9H,5-7H2. The highest BCUT2D eigenvalue weighted by Crippen LogP contribution is 2.31. The molecule has 0 radical (unpaired) electrons. The number of Topliss-reactive ketones (excluding diaryl/α,β-unsaturated/α-hetero) is 1. The minimum absolute atomic E-state index is 0.312. The van der Waals surface area contributed by atoms with Crippen LogP contribution >= 0.6 is 0 Å². The van der Waals surface area contributed by atoms with Crippen molar-refractivity contribution >= 4 is 16.7 Å². The predicted molar refractivity (Wildman–Crippen MR) is 61.0 cm³/mol. The van der Waals surface area contributed by atoms with Crippen LogP contribution in [0.2, 0.25) is 0 Å². The van der Waals surface area contributed by atoms with Gasteiger partial charge >= 0.3 is 0 Å². The quantitative estimate of drug-likeness (QED) is 0.783. The van der Waals surface area contributed by atoms with Crippen molar-refractivity contribution in [2.24, 2.45) is 5.92 Å². The maximum Gasteiger partial charge on any atom is 0.140 e. The Morgan fingerprint density at radius 2 is 2.12 bits per heavy atom. The molecule has 1 aliphatic carbocycles. The lowest BCUT2D eigenvalue weighted by atomic mass is 10.0. The zero-order valence-electron chi connectivity index (χ0n) is 8.89. The van der Waals surface area contributed by atoms with Crippen LogP contribution in [-0.2, 0) is 11.2 Å². The molecule has 0 saturated heterocycles. The van der Waals surface area contributed by atoms with E-state index in [1.165, 1.54) is 0 Å². The van der Waals surface area contributed by atoms with Crippen molar-refractivity contribution < 1.29 is 4.79 Å². The molecule has 1 aliphatic rings. The Balaban J connectivity index is 1.99. The summed E-state index contributed by atoms with van der Waals surface area (Å²) < 4.78 is 0. The van der Waals surface area contributed by atoms with E-state index in [-0.39, 0.29) is 0 Å². The molecular weight excluding hydrogens is 200 g/mol. The maximum atomic E-state index is 11.8. The van der Waals surface area contributed by atoms with Crippen LogP contribution in [0.1, 0.15) is 18.4 Å². The monoisotopic (exact) mass is 212 g/mol. The highest BCUT2D eigenvalue weighted by molar-refractivity contribution is 5.90. The highest BCUT2D eigenvalue weighted by atomic mass is 16.1. The average molecular weight is 212 g/mol.